The molecule has 2 atom stereocenters. The average Bonchev–Trinajstić information content (AvgIpc) is 3.78. The summed E-state index contributed by atoms with van der Waals surface area (Å²) in [5, 5.41) is 15.3. The van der Waals surface area contributed by atoms with E-state index in [0.29, 0.717) is 29.4 Å². The minimum absolute atomic E-state index is 0.0131. The number of carbonyl (C=O) groups is 2. The summed E-state index contributed by atoms with van der Waals surface area (Å²) in [4.78, 5) is 34.9. The molecule has 3 heterocycles. The summed E-state index contributed by atoms with van der Waals surface area (Å²) in [7, 11) is 0. The second-order valence-electron chi connectivity index (χ2n) is 11.7. The molecular formula is C32H28ClF3N4O5. The first-order valence-electron chi connectivity index (χ1n) is 14.1. The van der Waals surface area contributed by atoms with Crippen LogP contribution in [-0.4, -0.2) is 46.7 Å². The zero-order chi connectivity index (χ0) is 32.3. The maximum Gasteiger partial charge on any atom is 0.387 e. The summed E-state index contributed by atoms with van der Waals surface area (Å²) < 4.78 is 50.9. The molecule has 0 spiro atoms. The van der Waals surface area contributed by atoms with E-state index < -0.39 is 35.3 Å². The lowest BCUT2D eigenvalue weighted by Gasteiger charge is -2.30. The average molecular weight is 641 g/mol. The van der Waals surface area contributed by atoms with Crippen LogP contribution >= 0.6 is 11.6 Å². The summed E-state index contributed by atoms with van der Waals surface area (Å²) >= 11 is 6.40. The second kappa shape index (κ2) is 11.2. The predicted molar refractivity (Wildman–Crippen MR) is 159 cm³/mol. The number of nitrogens with one attached hydrogen (secondary N) is 1. The molecule has 2 amide bonds. The standard InChI is InChI=1S/C32H28ClF3N4O5/c1-15-7-16-8-17(9-23(45-30(35)36)25(16)38-12-15)28(41)39-13-32(43,18-3-4-18)24-11-21-27(44-14-31(21,2)29(37)42)26(40-24)20-6-5-19(34)10-22(20)33/h5-12,18,30,43H,3-4,13-14H2,1-2H3,(H2,37,42)(H,39,41)/t31-,32+/m0/s1. The van der Waals surface area contributed by atoms with E-state index in [2.05, 4.69) is 15.0 Å². The summed E-state index contributed by atoms with van der Waals surface area (Å²) in [5.74, 6) is -2.26. The Labute approximate surface area is 260 Å². The van der Waals surface area contributed by atoms with Crippen LogP contribution in [-0.2, 0) is 15.8 Å². The first kappa shape index (κ1) is 30.6. The van der Waals surface area contributed by atoms with Gasteiger partial charge in [-0.3, -0.25) is 14.6 Å². The zero-order valence-electron chi connectivity index (χ0n) is 24.2. The molecule has 1 aliphatic heterocycles. The number of benzene rings is 2. The molecule has 1 saturated carbocycles. The van der Waals surface area contributed by atoms with E-state index in [1.54, 1.807) is 19.9 Å². The number of amides is 2. The van der Waals surface area contributed by atoms with Crippen molar-refractivity contribution in [2.45, 2.75) is 44.3 Å². The van der Waals surface area contributed by atoms with Gasteiger partial charge in [-0.15, -0.1) is 0 Å². The largest absolute Gasteiger partial charge is 0.489 e. The van der Waals surface area contributed by atoms with Gasteiger partial charge in [-0.1, -0.05) is 11.6 Å². The van der Waals surface area contributed by atoms with Crippen molar-refractivity contribution in [1.29, 1.82) is 0 Å². The number of ether oxygens (including phenoxy) is 2. The van der Waals surface area contributed by atoms with Gasteiger partial charge in [0.25, 0.3) is 5.91 Å². The lowest BCUT2D eigenvalue weighted by molar-refractivity contribution is -0.123. The molecule has 1 fully saturated rings. The number of aromatic nitrogens is 2. The highest BCUT2D eigenvalue weighted by molar-refractivity contribution is 6.33. The number of hydrogen-bond donors (Lipinski definition) is 3. The second-order valence-corrected chi connectivity index (χ2v) is 12.1. The molecule has 1 aliphatic carbocycles. The van der Waals surface area contributed by atoms with Gasteiger partial charge in [0.2, 0.25) is 5.91 Å². The first-order chi connectivity index (χ1) is 21.3. The molecule has 4 aromatic rings. The molecular weight excluding hydrogens is 613 g/mol. The number of hydrogen-bond acceptors (Lipinski definition) is 7. The highest BCUT2D eigenvalue weighted by Crippen LogP contribution is 2.50. The third-order valence-electron chi connectivity index (χ3n) is 8.38. The van der Waals surface area contributed by atoms with Crippen LogP contribution in [0.3, 0.4) is 0 Å². The van der Waals surface area contributed by atoms with Crippen LogP contribution in [0.2, 0.25) is 5.02 Å². The van der Waals surface area contributed by atoms with Crippen molar-refractivity contribution < 1.29 is 37.3 Å². The number of primary amides is 1. The number of nitrogens with zero attached hydrogens (tertiary/aromatic N) is 2. The quantitative estimate of drug-likeness (QED) is 0.230. The van der Waals surface area contributed by atoms with Gasteiger partial charge in [0.1, 0.15) is 40.4 Å². The van der Waals surface area contributed by atoms with E-state index >= 15 is 0 Å². The fourth-order valence-electron chi connectivity index (χ4n) is 5.64. The number of halogens is 4. The molecule has 6 rings (SSSR count). The number of aryl methyl sites for hydroxylation is 1. The van der Waals surface area contributed by atoms with Crippen LogP contribution in [0.1, 0.15) is 46.9 Å². The molecule has 234 valence electrons. The number of pyridine rings is 2. The van der Waals surface area contributed by atoms with Crippen LogP contribution in [0.15, 0.2) is 48.7 Å². The molecule has 0 unspecified atom stereocenters. The Kier molecular flexibility index (Phi) is 7.60. The molecule has 0 bridgehead atoms. The van der Waals surface area contributed by atoms with Crippen molar-refractivity contribution in [3.05, 3.63) is 81.9 Å². The number of carbonyl (C=O) groups excluding carboxylic acids is 2. The SMILES string of the molecule is Cc1cnc2c(OC(F)F)cc(C(=O)NC[C@](O)(c3cc4c(c(-c5ccc(F)cc5Cl)n3)OC[C@]4(C)C(N)=O)C3CC3)cc2c1. The minimum Gasteiger partial charge on any atom is -0.489 e. The minimum atomic E-state index is -3.14. The smallest absolute Gasteiger partial charge is 0.387 e. The zero-order valence-corrected chi connectivity index (χ0v) is 24.9. The maximum atomic E-state index is 13.9. The normalized spacial score (nSPS) is 18.8. The van der Waals surface area contributed by atoms with Gasteiger partial charge in [-0.05, 0) is 80.6 Å². The van der Waals surface area contributed by atoms with Crippen LogP contribution in [0, 0.1) is 18.7 Å². The topological polar surface area (TPSA) is 137 Å². The molecule has 0 saturated heterocycles. The summed E-state index contributed by atoms with van der Waals surface area (Å²) in [5.41, 5.74) is 4.66. The van der Waals surface area contributed by atoms with Gasteiger partial charge in [-0.2, -0.15) is 8.78 Å². The number of nitrogens with two attached hydrogens (primary N) is 1. The molecule has 2 aromatic heterocycles. The molecule has 9 nitrogen and oxygen atoms in total. The summed E-state index contributed by atoms with van der Waals surface area (Å²) in [6.07, 6.45) is 2.74. The number of fused-ring (bicyclic) bond motifs is 2. The summed E-state index contributed by atoms with van der Waals surface area (Å²) in [6, 6.07) is 9.62. The van der Waals surface area contributed by atoms with Gasteiger partial charge < -0.3 is 25.6 Å². The van der Waals surface area contributed by atoms with Crippen molar-refractivity contribution >= 4 is 34.3 Å². The van der Waals surface area contributed by atoms with Gasteiger partial charge >= 0.3 is 6.61 Å². The van der Waals surface area contributed by atoms with E-state index in [-0.39, 0.29) is 58.1 Å². The van der Waals surface area contributed by atoms with Gasteiger partial charge in [0.15, 0.2) is 5.75 Å². The molecule has 13 heteroatoms. The van der Waals surface area contributed by atoms with Crippen molar-refractivity contribution in [2.24, 2.45) is 11.7 Å². The van der Waals surface area contributed by atoms with Crippen LogP contribution in [0.5, 0.6) is 11.5 Å². The summed E-state index contributed by atoms with van der Waals surface area (Å²) in [6.45, 7) is -0.170. The molecule has 2 aromatic carbocycles. The fraction of sp³-hybridized carbons (Fsp3) is 0.312. The Bertz CT molecular complexity index is 1870. The molecule has 2 aliphatic rings. The number of aliphatic hydroxyl groups is 1. The van der Waals surface area contributed by atoms with Crippen molar-refractivity contribution in [3.63, 3.8) is 0 Å². The Morgan fingerprint density at radius 3 is 2.67 bits per heavy atom. The maximum absolute atomic E-state index is 13.9. The first-order valence-corrected chi connectivity index (χ1v) is 14.5. The third kappa shape index (κ3) is 5.53. The van der Waals surface area contributed by atoms with Crippen LogP contribution in [0.4, 0.5) is 13.2 Å². The van der Waals surface area contributed by atoms with Crippen molar-refractivity contribution in [1.82, 2.24) is 15.3 Å². The Morgan fingerprint density at radius 2 is 2.00 bits per heavy atom. The Balaban J connectivity index is 1.40. The number of rotatable bonds is 9. The highest BCUT2D eigenvalue weighted by Gasteiger charge is 2.50. The molecule has 4 N–H and O–H groups in total. The van der Waals surface area contributed by atoms with Crippen LogP contribution in [0.25, 0.3) is 22.2 Å². The Morgan fingerprint density at radius 1 is 1.24 bits per heavy atom. The fourth-order valence-corrected chi connectivity index (χ4v) is 5.90. The van der Waals surface area contributed by atoms with Gasteiger partial charge in [-0.25, -0.2) is 9.37 Å². The van der Waals surface area contributed by atoms with E-state index in [1.807, 2.05) is 0 Å². The predicted octanol–water partition coefficient (Wildman–Crippen LogP) is 5.16. The molecule has 0 radical (unpaired) electrons. The third-order valence-corrected chi connectivity index (χ3v) is 8.69. The highest BCUT2D eigenvalue weighted by atomic mass is 35.5. The Hall–Kier alpha value is -4.42. The lowest BCUT2D eigenvalue weighted by atomic mass is 9.81. The van der Waals surface area contributed by atoms with Crippen molar-refractivity contribution in [2.75, 3.05) is 13.2 Å². The van der Waals surface area contributed by atoms with E-state index in [9.17, 15) is 27.9 Å². The van der Waals surface area contributed by atoms with Crippen molar-refractivity contribution in [3.8, 4) is 22.8 Å². The van der Waals surface area contributed by atoms with Gasteiger partial charge in [0.05, 0.1) is 17.3 Å². The van der Waals surface area contributed by atoms with E-state index in [4.69, 9.17) is 27.1 Å². The molecule has 45 heavy (non-hydrogen) atoms. The van der Waals surface area contributed by atoms with Crippen LogP contribution < -0.4 is 20.5 Å². The number of alkyl halides is 2. The lowest BCUT2D eigenvalue weighted by Crippen LogP contribution is -2.44. The monoisotopic (exact) mass is 640 g/mol. The van der Waals surface area contributed by atoms with E-state index in [0.717, 1.165) is 11.6 Å². The van der Waals surface area contributed by atoms with Gasteiger partial charge in [0, 0.05) is 28.3 Å². The van der Waals surface area contributed by atoms with E-state index in [1.165, 1.54) is 36.5 Å².